The molecule has 1 unspecified atom stereocenters. The molecular formula is C26H23Cl2N3O4S. The summed E-state index contributed by atoms with van der Waals surface area (Å²) < 4.78 is 0. The van der Waals surface area contributed by atoms with E-state index in [-0.39, 0.29) is 41.7 Å². The van der Waals surface area contributed by atoms with Crippen LogP contribution in [0.3, 0.4) is 0 Å². The van der Waals surface area contributed by atoms with Gasteiger partial charge in [-0.15, -0.1) is 11.3 Å². The number of carbonyl (C=O) groups excluding carboxylic acids is 2. The van der Waals surface area contributed by atoms with E-state index in [4.69, 9.17) is 23.2 Å². The van der Waals surface area contributed by atoms with Crippen LogP contribution in [0.25, 0.3) is 0 Å². The lowest BCUT2D eigenvalue weighted by molar-refractivity contribution is -0.385. The Morgan fingerprint density at radius 1 is 1.14 bits per heavy atom. The number of nitro groups is 1. The summed E-state index contributed by atoms with van der Waals surface area (Å²) in [5, 5.41) is 14.4. The van der Waals surface area contributed by atoms with Gasteiger partial charge in [0.05, 0.1) is 11.0 Å². The molecule has 1 saturated carbocycles. The fourth-order valence-corrected chi connectivity index (χ4v) is 6.15. The van der Waals surface area contributed by atoms with Crippen LogP contribution in [0.2, 0.25) is 10.0 Å². The molecule has 10 heteroatoms. The Morgan fingerprint density at radius 3 is 2.61 bits per heavy atom. The summed E-state index contributed by atoms with van der Waals surface area (Å²) in [5.74, 6) is -0.562. The van der Waals surface area contributed by atoms with Gasteiger partial charge >= 0.3 is 0 Å². The second-order valence-electron chi connectivity index (χ2n) is 9.13. The summed E-state index contributed by atoms with van der Waals surface area (Å²) in [6, 6.07) is 11.3. The summed E-state index contributed by atoms with van der Waals surface area (Å²) in [5.41, 5.74) is 2.40. The third kappa shape index (κ3) is 4.73. The number of hydrogen-bond donors (Lipinski definition) is 0. The SMILES string of the molecule is Cc1ccc(C(=O)N(CC(=O)N2CCc3sccc3C2c2ccc(Cl)cc2Cl)C2CC2)cc1[N+](=O)[O-]. The van der Waals surface area contributed by atoms with Crippen LogP contribution in [-0.2, 0) is 11.2 Å². The lowest BCUT2D eigenvalue weighted by Crippen LogP contribution is -2.47. The highest BCUT2D eigenvalue weighted by molar-refractivity contribution is 7.10. The maximum absolute atomic E-state index is 13.8. The van der Waals surface area contributed by atoms with Gasteiger partial charge in [0.15, 0.2) is 0 Å². The van der Waals surface area contributed by atoms with Crippen LogP contribution in [0, 0.1) is 17.0 Å². The van der Waals surface area contributed by atoms with Gasteiger partial charge in [-0.05, 0) is 67.0 Å². The van der Waals surface area contributed by atoms with Crippen LogP contribution >= 0.6 is 34.5 Å². The topological polar surface area (TPSA) is 83.8 Å². The Hall–Kier alpha value is -2.94. The summed E-state index contributed by atoms with van der Waals surface area (Å²) in [4.78, 5) is 42.6. The Labute approximate surface area is 222 Å². The monoisotopic (exact) mass is 543 g/mol. The van der Waals surface area contributed by atoms with Crippen LogP contribution in [0.5, 0.6) is 0 Å². The van der Waals surface area contributed by atoms with E-state index in [1.54, 1.807) is 52.3 Å². The van der Waals surface area contributed by atoms with Crippen molar-refractivity contribution >= 4 is 52.0 Å². The third-order valence-corrected chi connectivity index (χ3v) is 8.31. The number of amides is 2. The van der Waals surface area contributed by atoms with Crippen molar-refractivity contribution in [2.45, 2.75) is 38.3 Å². The Balaban J connectivity index is 1.45. The number of nitrogens with zero attached hydrogens (tertiary/aromatic N) is 3. The molecule has 0 spiro atoms. The maximum Gasteiger partial charge on any atom is 0.273 e. The number of thiophene rings is 1. The number of fused-ring (bicyclic) bond motifs is 1. The van der Waals surface area contributed by atoms with E-state index >= 15 is 0 Å². The zero-order valence-corrected chi connectivity index (χ0v) is 21.8. The van der Waals surface area contributed by atoms with Gasteiger partial charge in [-0.25, -0.2) is 0 Å². The Morgan fingerprint density at radius 2 is 1.92 bits per heavy atom. The van der Waals surface area contributed by atoms with Crippen LogP contribution in [-0.4, -0.2) is 45.7 Å². The molecule has 186 valence electrons. The molecule has 2 heterocycles. The molecule has 1 fully saturated rings. The molecule has 1 aromatic heterocycles. The van der Waals surface area contributed by atoms with Crippen molar-refractivity contribution < 1.29 is 14.5 Å². The minimum absolute atomic E-state index is 0.0547. The van der Waals surface area contributed by atoms with Gasteiger partial charge < -0.3 is 9.80 Å². The van der Waals surface area contributed by atoms with Crippen LogP contribution in [0.15, 0.2) is 47.8 Å². The van der Waals surface area contributed by atoms with Gasteiger partial charge in [0.2, 0.25) is 5.91 Å². The molecule has 2 aliphatic rings. The van der Waals surface area contributed by atoms with E-state index in [0.717, 1.165) is 30.4 Å². The van der Waals surface area contributed by atoms with Gasteiger partial charge in [0.25, 0.3) is 11.6 Å². The fraction of sp³-hybridized carbons (Fsp3) is 0.308. The number of rotatable bonds is 6. The highest BCUT2D eigenvalue weighted by atomic mass is 35.5. The van der Waals surface area contributed by atoms with Crippen molar-refractivity contribution in [3.63, 3.8) is 0 Å². The van der Waals surface area contributed by atoms with Crippen molar-refractivity contribution in [2.24, 2.45) is 0 Å². The lowest BCUT2D eigenvalue weighted by Gasteiger charge is -2.38. The highest BCUT2D eigenvalue weighted by Crippen LogP contribution is 2.41. The van der Waals surface area contributed by atoms with Crippen molar-refractivity contribution in [3.8, 4) is 0 Å². The molecule has 0 bridgehead atoms. The molecular weight excluding hydrogens is 521 g/mol. The molecule has 1 atom stereocenters. The molecule has 7 nitrogen and oxygen atoms in total. The maximum atomic E-state index is 13.8. The third-order valence-electron chi connectivity index (χ3n) is 6.75. The van der Waals surface area contributed by atoms with E-state index in [2.05, 4.69) is 0 Å². The van der Waals surface area contributed by atoms with E-state index in [9.17, 15) is 19.7 Å². The molecule has 0 N–H and O–H groups in total. The molecule has 36 heavy (non-hydrogen) atoms. The molecule has 0 radical (unpaired) electrons. The lowest BCUT2D eigenvalue weighted by atomic mass is 9.93. The normalized spacial score (nSPS) is 17.0. The van der Waals surface area contributed by atoms with E-state index < -0.39 is 4.92 Å². The minimum Gasteiger partial charge on any atom is -0.330 e. The zero-order valence-electron chi connectivity index (χ0n) is 19.4. The molecule has 1 aliphatic heterocycles. The van der Waals surface area contributed by atoms with Crippen molar-refractivity contribution in [1.29, 1.82) is 0 Å². The van der Waals surface area contributed by atoms with Crippen molar-refractivity contribution in [1.82, 2.24) is 9.80 Å². The summed E-state index contributed by atoms with van der Waals surface area (Å²) in [6.07, 6.45) is 2.32. The van der Waals surface area contributed by atoms with Crippen LogP contribution in [0.4, 0.5) is 5.69 Å². The molecule has 5 rings (SSSR count). The quantitative estimate of drug-likeness (QED) is 0.279. The number of carbonyl (C=O) groups is 2. The van der Waals surface area contributed by atoms with E-state index in [0.29, 0.717) is 22.2 Å². The zero-order chi connectivity index (χ0) is 25.6. The Bertz CT molecular complexity index is 1370. The minimum atomic E-state index is -0.495. The highest BCUT2D eigenvalue weighted by Gasteiger charge is 2.39. The second kappa shape index (κ2) is 9.84. The first-order valence-corrected chi connectivity index (χ1v) is 13.2. The average Bonchev–Trinajstić information content (AvgIpc) is 3.57. The molecule has 0 saturated heterocycles. The molecule has 1 aliphatic carbocycles. The number of aryl methyl sites for hydroxylation is 1. The molecule has 2 amide bonds. The molecule has 3 aromatic rings. The predicted molar refractivity (Wildman–Crippen MR) is 140 cm³/mol. The standard InChI is InChI=1S/C26H23Cl2N3O4S/c1-15-2-3-16(12-22(15)31(34)35)26(33)30(18-5-6-18)14-24(32)29-10-8-23-20(9-11-36-23)25(29)19-7-4-17(27)13-21(19)28/h2-4,7,9,11-13,18,25H,5-6,8,10,14H2,1H3. The van der Waals surface area contributed by atoms with Gasteiger partial charge in [-0.1, -0.05) is 35.3 Å². The number of halogens is 2. The summed E-state index contributed by atoms with van der Waals surface area (Å²) >= 11 is 14.4. The van der Waals surface area contributed by atoms with Crippen LogP contribution in [0.1, 0.15) is 50.8 Å². The van der Waals surface area contributed by atoms with E-state index in [1.807, 2.05) is 17.5 Å². The first-order valence-electron chi connectivity index (χ1n) is 11.6. The van der Waals surface area contributed by atoms with Crippen molar-refractivity contribution in [2.75, 3.05) is 13.1 Å². The van der Waals surface area contributed by atoms with Gasteiger partial charge in [-0.3, -0.25) is 19.7 Å². The van der Waals surface area contributed by atoms with E-state index in [1.165, 1.54) is 10.9 Å². The number of hydrogen-bond acceptors (Lipinski definition) is 5. The fourth-order valence-electron chi connectivity index (χ4n) is 4.74. The summed E-state index contributed by atoms with van der Waals surface area (Å²) in [6.45, 7) is 2.02. The number of nitro benzene ring substituents is 1. The largest absolute Gasteiger partial charge is 0.330 e. The smallest absolute Gasteiger partial charge is 0.273 e. The van der Waals surface area contributed by atoms with Gasteiger partial charge in [0.1, 0.15) is 6.54 Å². The summed E-state index contributed by atoms with van der Waals surface area (Å²) in [7, 11) is 0. The molecule has 2 aromatic carbocycles. The van der Waals surface area contributed by atoms with Crippen molar-refractivity contribution in [3.05, 3.63) is 95.1 Å². The predicted octanol–water partition coefficient (Wildman–Crippen LogP) is 6.05. The average molecular weight is 544 g/mol. The first-order chi connectivity index (χ1) is 17.2. The Kier molecular flexibility index (Phi) is 6.76. The van der Waals surface area contributed by atoms with Gasteiger partial charge in [0, 0.05) is 44.7 Å². The van der Waals surface area contributed by atoms with Crippen LogP contribution < -0.4 is 0 Å². The number of benzene rings is 2. The first kappa shape index (κ1) is 24.7. The second-order valence-corrected chi connectivity index (χ2v) is 11.0. The van der Waals surface area contributed by atoms with Gasteiger partial charge in [-0.2, -0.15) is 0 Å².